The van der Waals surface area contributed by atoms with E-state index in [1.165, 1.54) is 35.2 Å². The van der Waals surface area contributed by atoms with E-state index in [1.54, 1.807) is 5.57 Å². The number of carbonyl (C=O) groups excluding carboxylic acids is 1. The summed E-state index contributed by atoms with van der Waals surface area (Å²) in [6.45, 7) is 6.37. The van der Waals surface area contributed by atoms with Crippen molar-refractivity contribution in [3.8, 4) is 11.8 Å². The van der Waals surface area contributed by atoms with E-state index in [9.17, 15) is 15.1 Å². The van der Waals surface area contributed by atoms with E-state index in [2.05, 4.69) is 59.2 Å². The Balaban J connectivity index is 1.49. The lowest BCUT2D eigenvalue weighted by Crippen LogP contribution is -2.50. The van der Waals surface area contributed by atoms with Gasteiger partial charge in [-0.15, -0.1) is 0 Å². The van der Waals surface area contributed by atoms with Crippen molar-refractivity contribution in [1.82, 2.24) is 0 Å². The number of ketones is 1. The van der Waals surface area contributed by atoms with Crippen molar-refractivity contribution < 1.29 is 15.1 Å². The maximum absolute atomic E-state index is 13.7. The highest BCUT2D eigenvalue weighted by atomic mass is 16.4. The molecule has 0 spiro atoms. The second-order valence-electron chi connectivity index (χ2n) is 12.6. The quantitative estimate of drug-likeness (QED) is 0.270. The molecule has 5 nitrogen and oxygen atoms in total. The highest BCUT2D eigenvalue weighted by Gasteiger charge is 2.65. The first-order chi connectivity index (χ1) is 19.0. The van der Waals surface area contributed by atoms with E-state index in [-0.39, 0.29) is 23.7 Å². The SMILES string of the molecule is CCC(=O)[C@@]1(C#CCO)CC[C@H]2[C@@H]3CCC4=CC(=NO)CCC4=C3[C@@H](c3ccc(N4CCCC4)cc3)C[C@@]21C. The molecule has 6 rings (SSSR count). The largest absolute Gasteiger partial charge is 0.411 e. The molecule has 2 saturated carbocycles. The van der Waals surface area contributed by atoms with Crippen LogP contribution in [0.5, 0.6) is 0 Å². The number of oxime groups is 1. The van der Waals surface area contributed by atoms with Gasteiger partial charge in [-0.05, 0) is 110 Å². The third-order valence-corrected chi connectivity index (χ3v) is 11.0. The van der Waals surface area contributed by atoms with E-state index < -0.39 is 5.41 Å². The lowest BCUT2D eigenvalue weighted by atomic mass is 9.48. The Kier molecular flexibility index (Phi) is 6.96. The van der Waals surface area contributed by atoms with Crippen LogP contribution in [0.2, 0.25) is 0 Å². The molecule has 1 aromatic carbocycles. The zero-order valence-corrected chi connectivity index (χ0v) is 23.5. The number of carbonyl (C=O) groups is 1. The number of hydrogen-bond donors (Lipinski definition) is 2. The average molecular weight is 527 g/mol. The molecule has 0 unspecified atom stereocenters. The van der Waals surface area contributed by atoms with Crippen LogP contribution in [-0.2, 0) is 4.79 Å². The fourth-order valence-electron chi connectivity index (χ4n) is 9.20. The molecule has 206 valence electrons. The van der Waals surface area contributed by atoms with Gasteiger partial charge in [0.15, 0.2) is 5.78 Å². The van der Waals surface area contributed by atoms with Gasteiger partial charge in [0.2, 0.25) is 0 Å². The van der Waals surface area contributed by atoms with Crippen LogP contribution >= 0.6 is 0 Å². The van der Waals surface area contributed by atoms with Gasteiger partial charge in [0.1, 0.15) is 6.61 Å². The minimum atomic E-state index is -0.696. The van der Waals surface area contributed by atoms with Crippen LogP contribution in [0.3, 0.4) is 0 Å². The molecule has 0 bridgehead atoms. The zero-order chi connectivity index (χ0) is 27.2. The number of hydrogen-bond acceptors (Lipinski definition) is 5. The first kappa shape index (κ1) is 26.4. The fourth-order valence-corrected chi connectivity index (χ4v) is 9.20. The highest BCUT2D eigenvalue weighted by Crippen LogP contribution is 2.69. The predicted octanol–water partition coefficient (Wildman–Crippen LogP) is 6.41. The number of Topliss-reactive ketones (excluding diaryl/α,β-unsaturated/α-hetero) is 1. The van der Waals surface area contributed by atoms with Crippen molar-refractivity contribution >= 4 is 17.2 Å². The number of fused-ring (bicyclic) bond motifs is 4. The Hall–Kier alpha value is -2.84. The molecule has 0 radical (unpaired) electrons. The lowest BCUT2D eigenvalue weighted by Gasteiger charge is -2.54. The summed E-state index contributed by atoms with van der Waals surface area (Å²) in [6, 6.07) is 9.28. The summed E-state index contributed by atoms with van der Waals surface area (Å²) in [7, 11) is 0. The van der Waals surface area contributed by atoms with Gasteiger partial charge in [-0.3, -0.25) is 4.79 Å². The highest BCUT2D eigenvalue weighted by molar-refractivity contribution is 5.97. The molecule has 4 aliphatic carbocycles. The molecule has 5 aliphatic rings. The van der Waals surface area contributed by atoms with Gasteiger partial charge in [0.05, 0.1) is 11.1 Å². The third-order valence-electron chi connectivity index (χ3n) is 11.0. The van der Waals surface area contributed by atoms with Crippen molar-refractivity contribution in [3.05, 3.63) is 52.6 Å². The second kappa shape index (κ2) is 10.3. The van der Waals surface area contributed by atoms with Gasteiger partial charge < -0.3 is 15.2 Å². The van der Waals surface area contributed by atoms with Gasteiger partial charge in [-0.25, -0.2) is 0 Å². The maximum Gasteiger partial charge on any atom is 0.151 e. The molecule has 1 aliphatic heterocycles. The first-order valence-corrected chi connectivity index (χ1v) is 15.1. The summed E-state index contributed by atoms with van der Waals surface area (Å²) < 4.78 is 0. The number of rotatable bonds is 4. The van der Waals surface area contributed by atoms with Crippen LogP contribution in [0.4, 0.5) is 5.69 Å². The van der Waals surface area contributed by atoms with Gasteiger partial charge in [0, 0.05) is 31.1 Å². The molecular weight excluding hydrogens is 484 g/mol. The number of nitrogens with zero attached hydrogens (tertiary/aromatic N) is 2. The topological polar surface area (TPSA) is 73.1 Å². The lowest BCUT2D eigenvalue weighted by molar-refractivity contribution is -0.132. The van der Waals surface area contributed by atoms with Crippen LogP contribution in [0.25, 0.3) is 0 Å². The maximum atomic E-state index is 13.7. The molecule has 1 saturated heterocycles. The first-order valence-electron chi connectivity index (χ1n) is 15.1. The number of allylic oxidation sites excluding steroid dienone is 4. The Labute approximate surface area is 233 Å². The van der Waals surface area contributed by atoms with E-state index >= 15 is 0 Å². The van der Waals surface area contributed by atoms with E-state index in [4.69, 9.17) is 0 Å². The zero-order valence-electron chi connectivity index (χ0n) is 23.5. The molecule has 3 fully saturated rings. The van der Waals surface area contributed by atoms with Crippen molar-refractivity contribution in [3.63, 3.8) is 0 Å². The van der Waals surface area contributed by atoms with Crippen molar-refractivity contribution in [2.24, 2.45) is 27.8 Å². The summed E-state index contributed by atoms with van der Waals surface area (Å²) >= 11 is 0. The van der Waals surface area contributed by atoms with Gasteiger partial charge in [0.25, 0.3) is 0 Å². The number of aliphatic hydroxyl groups excluding tert-OH is 1. The molecule has 1 aromatic rings. The molecule has 5 heteroatoms. The average Bonchev–Trinajstić information content (AvgIpc) is 3.62. The summed E-state index contributed by atoms with van der Waals surface area (Å²) in [5.74, 6) is 7.64. The van der Waals surface area contributed by atoms with Gasteiger partial charge in [-0.2, -0.15) is 0 Å². The van der Waals surface area contributed by atoms with Crippen molar-refractivity contribution in [2.75, 3.05) is 24.6 Å². The van der Waals surface area contributed by atoms with E-state index in [0.717, 1.165) is 63.7 Å². The van der Waals surface area contributed by atoms with Crippen LogP contribution in [0.15, 0.2) is 52.2 Å². The standard InChI is InChI=1S/C34H42N2O3/c1-3-31(38)34(16-6-20-37)17-15-30-28-13-9-24-21-25(35-39)10-14-27(24)32(28)29(22-33(30,34)2)23-7-11-26(12-8-23)36-18-4-5-19-36/h7-8,11-12,21,28-30,37,39H,3-5,9-10,13-15,17-20,22H2,1-2H3/t28-,29+,30-,33-,34+/m0/s1. The number of benzene rings is 1. The summed E-state index contributed by atoms with van der Waals surface area (Å²) in [6.07, 6.45) is 11.6. The van der Waals surface area contributed by atoms with Crippen molar-refractivity contribution in [1.29, 1.82) is 0 Å². The van der Waals surface area contributed by atoms with Crippen LogP contribution in [-0.4, -0.2) is 41.5 Å². The summed E-state index contributed by atoms with van der Waals surface area (Å²) in [5.41, 5.74) is 6.89. The normalized spacial score (nSPS) is 34.6. The summed E-state index contributed by atoms with van der Waals surface area (Å²) in [5, 5.41) is 22.7. The van der Waals surface area contributed by atoms with Crippen LogP contribution < -0.4 is 4.90 Å². The molecule has 0 amide bonds. The fraction of sp³-hybridized carbons (Fsp3) is 0.588. The molecular formula is C34H42N2O3. The van der Waals surface area contributed by atoms with Crippen LogP contribution in [0.1, 0.15) is 89.5 Å². The van der Waals surface area contributed by atoms with Crippen LogP contribution in [0, 0.1) is 34.5 Å². The molecule has 1 heterocycles. The smallest absolute Gasteiger partial charge is 0.151 e. The van der Waals surface area contributed by atoms with Gasteiger partial charge in [-0.1, -0.05) is 48.5 Å². The predicted molar refractivity (Wildman–Crippen MR) is 155 cm³/mol. The monoisotopic (exact) mass is 526 g/mol. The number of aliphatic hydroxyl groups is 1. The molecule has 39 heavy (non-hydrogen) atoms. The number of anilines is 1. The Morgan fingerprint density at radius 2 is 1.90 bits per heavy atom. The molecule has 0 aromatic heterocycles. The minimum Gasteiger partial charge on any atom is -0.411 e. The molecule has 2 N–H and O–H groups in total. The Morgan fingerprint density at radius 3 is 2.59 bits per heavy atom. The second-order valence-corrected chi connectivity index (χ2v) is 12.6. The van der Waals surface area contributed by atoms with Gasteiger partial charge >= 0.3 is 0 Å². The minimum absolute atomic E-state index is 0.206. The Bertz CT molecular complexity index is 1290. The third kappa shape index (κ3) is 4.10. The van der Waals surface area contributed by atoms with E-state index in [1.807, 2.05) is 6.92 Å². The molecule has 5 atom stereocenters. The van der Waals surface area contributed by atoms with E-state index in [0.29, 0.717) is 18.3 Å². The summed E-state index contributed by atoms with van der Waals surface area (Å²) in [4.78, 5) is 16.2. The van der Waals surface area contributed by atoms with Crippen molar-refractivity contribution in [2.45, 2.75) is 84.0 Å². The Morgan fingerprint density at radius 1 is 1.13 bits per heavy atom.